The molecule has 2 fully saturated rings. The summed E-state index contributed by atoms with van der Waals surface area (Å²) in [4.78, 5) is 26.3. The van der Waals surface area contributed by atoms with Gasteiger partial charge in [0.2, 0.25) is 8.53 Å². The molecule has 0 bridgehead atoms. The second-order valence-corrected chi connectivity index (χ2v) is 17.4. The molecular weight excluding hydrogens is 677 g/mol. The molecule has 0 unspecified atom stereocenters. The van der Waals surface area contributed by atoms with Gasteiger partial charge in [0.05, 0.1) is 13.1 Å². The molecule has 0 amide bonds. The Hall–Kier alpha value is -2.18. The molecule has 2 aliphatic rings. The minimum atomic E-state index is -0.891. The molecule has 6 nitrogen and oxygen atoms in total. The average Bonchev–Trinajstić information content (AvgIpc) is 3.12. The van der Waals surface area contributed by atoms with Crippen LogP contribution in [0.4, 0.5) is 0 Å². The average molecular weight is 725 g/mol. The highest BCUT2D eigenvalue weighted by Gasteiger charge is 2.43. The number of hydrogen-bond acceptors (Lipinski definition) is 10. The van der Waals surface area contributed by atoms with Crippen molar-refractivity contribution in [2.24, 2.45) is 0 Å². The molecule has 2 saturated heterocycles. The van der Waals surface area contributed by atoms with E-state index in [-0.39, 0.29) is 0 Å². The van der Waals surface area contributed by atoms with Gasteiger partial charge in [0.25, 0.3) is 0 Å². The predicted molar refractivity (Wildman–Crippen MR) is 206 cm³/mol. The molecule has 2 heterocycles. The Balaban J connectivity index is 1.16. The van der Waals surface area contributed by atoms with E-state index in [0.717, 1.165) is 74.6 Å². The van der Waals surface area contributed by atoms with Gasteiger partial charge in [-0.25, -0.2) is 9.59 Å². The van der Waals surface area contributed by atoms with Gasteiger partial charge in [-0.3, -0.25) is 0 Å². The van der Waals surface area contributed by atoms with Crippen LogP contribution in [0.2, 0.25) is 0 Å². The number of ether oxygens (including phenoxy) is 2. The molecule has 48 heavy (non-hydrogen) atoms. The molecule has 0 spiro atoms. The van der Waals surface area contributed by atoms with E-state index in [0.29, 0.717) is 38.8 Å². The maximum Gasteiger partial charge on any atom is 0.419 e. The van der Waals surface area contributed by atoms with Crippen LogP contribution in [0.15, 0.2) is 60.7 Å². The summed E-state index contributed by atoms with van der Waals surface area (Å²) < 4.78 is 10.4. The summed E-state index contributed by atoms with van der Waals surface area (Å²) in [6.45, 7) is 3.08. The Morgan fingerprint density at radius 3 is 1.40 bits per heavy atom. The van der Waals surface area contributed by atoms with Crippen LogP contribution >= 0.6 is 47.0 Å². The van der Waals surface area contributed by atoms with Crippen molar-refractivity contribution in [3.8, 4) is 23.7 Å². The summed E-state index contributed by atoms with van der Waals surface area (Å²) in [5, 5.41) is 6.75. The third kappa shape index (κ3) is 14.7. The number of carbonyl (C=O) groups excluding carboxylic acids is 2. The Bertz CT molecular complexity index is 1250. The van der Waals surface area contributed by atoms with Crippen molar-refractivity contribution in [2.75, 3.05) is 49.2 Å². The van der Waals surface area contributed by atoms with Gasteiger partial charge in [-0.05, 0) is 72.7 Å². The molecule has 0 aromatic heterocycles. The maximum atomic E-state index is 13.2. The fourth-order valence-electron chi connectivity index (χ4n) is 5.13. The summed E-state index contributed by atoms with van der Waals surface area (Å²) in [6.07, 6.45) is 8.37. The van der Waals surface area contributed by atoms with E-state index in [1.807, 2.05) is 12.1 Å². The van der Waals surface area contributed by atoms with Gasteiger partial charge in [-0.1, -0.05) is 72.5 Å². The quantitative estimate of drug-likeness (QED) is 0.0809. The monoisotopic (exact) mass is 724 g/mol. The first kappa shape index (κ1) is 38.6. The third-order valence-electron chi connectivity index (χ3n) is 7.64. The van der Waals surface area contributed by atoms with Gasteiger partial charge in [-0.15, -0.1) is 58.9 Å². The zero-order valence-corrected chi connectivity index (χ0v) is 31.0. The van der Waals surface area contributed by atoms with Crippen LogP contribution in [0.25, 0.3) is 0 Å². The SMILES string of the molecule is O=C(OC1(CCCC#CCNCCc2ccccc2)SCCCS1)C(=O)OC1(CCCC#CCNCCc2ccccc2)SCCCS1. The second kappa shape index (κ2) is 22.5. The molecule has 2 aromatic carbocycles. The van der Waals surface area contributed by atoms with Crippen molar-refractivity contribution in [3.05, 3.63) is 71.8 Å². The highest BCUT2D eigenvalue weighted by molar-refractivity contribution is 8.19. The van der Waals surface area contributed by atoms with Gasteiger partial charge in [0.15, 0.2) is 0 Å². The van der Waals surface area contributed by atoms with Gasteiger partial charge in [-0.2, -0.15) is 0 Å². The smallest absolute Gasteiger partial charge is 0.419 e. The van der Waals surface area contributed by atoms with Crippen molar-refractivity contribution < 1.29 is 19.1 Å². The van der Waals surface area contributed by atoms with Crippen LogP contribution in [0.5, 0.6) is 0 Å². The van der Waals surface area contributed by atoms with E-state index < -0.39 is 20.5 Å². The van der Waals surface area contributed by atoms with Crippen molar-refractivity contribution in [1.82, 2.24) is 10.6 Å². The van der Waals surface area contributed by atoms with Gasteiger partial charge in [0.1, 0.15) is 0 Å². The first-order valence-corrected chi connectivity index (χ1v) is 21.0. The third-order valence-corrected chi connectivity index (χ3v) is 13.9. The standard InChI is InChI=1S/C38H48N2O4S4/c41-35(43-37(45-29-15-30-46-37)23-11-1-3-13-25-39-27-21-33-17-7-5-8-18-33)36(42)44-38(47-31-16-32-48-38)24-12-2-4-14-26-40-28-22-34-19-9-6-10-20-34/h5-10,17-20,39-40H,1-2,11-12,15-16,21-32H2. The first-order chi connectivity index (χ1) is 23.6. The van der Waals surface area contributed by atoms with Crippen molar-refractivity contribution in [1.29, 1.82) is 0 Å². The topological polar surface area (TPSA) is 76.7 Å². The van der Waals surface area contributed by atoms with Gasteiger partial charge < -0.3 is 20.1 Å². The summed E-state index contributed by atoms with van der Waals surface area (Å²) in [6, 6.07) is 20.8. The van der Waals surface area contributed by atoms with Gasteiger partial charge >= 0.3 is 11.9 Å². The van der Waals surface area contributed by atoms with E-state index in [9.17, 15) is 9.59 Å². The Morgan fingerprint density at radius 2 is 1.00 bits per heavy atom. The number of nitrogens with one attached hydrogen (secondary N) is 2. The Labute approximate surface area is 304 Å². The molecular formula is C38H48N2O4S4. The Kier molecular flexibility index (Phi) is 18.1. The lowest BCUT2D eigenvalue weighted by Gasteiger charge is -2.37. The molecule has 2 N–H and O–H groups in total. The fourth-order valence-corrected chi connectivity index (χ4v) is 11.3. The number of rotatable bonds is 16. The molecule has 0 atom stereocenters. The molecule has 0 saturated carbocycles. The molecule has 0 aliphatic carbocycles. The second-order valence-electron chi connectivity index (χ2n) is 11.5. The molecule has 2 aromatic rings. The normalized spacial score (nSPS) is 16.4. The van der Waals surface area contributed by atoms with E-state index in [1.54, 1.807) is 47.0 Å². The molecule has 4 rings (SSSR count). The number of hydrogen-bond donors (Lipinski definition) is 2. The highest BCUT2D eigenvalue weighted by Crippen LogP contribution is 2.48. The highest BCUT2D eigenvalue weighted by atomic mass is 32.2. The summed E-state index contributed by atoms with van der Waals surface area (Å²) in [7, 11) is 0. The minimum absolute atomic E-state index is 0.645. The first-order valence-electron chi connectivity index (χ1n) is 17.0. The number of unbranched alkanes of at least 4 members (excludes halogenated alkanes) is 2. The fraction of sp³-hybridized carbons (Fsp3) is 0.526. The van der Waals surface area contributed by atoms with Crippen LogP contribution in [0.3, 0.4) is 0 Å². The van der Waals surface area contributed by atoms with E-state index in [4.69, 9.17) is 9.47 Å². The lowest BCUT2D eigenvalue weighted by Crippen LogP contribution is -2.39. The maximum absolute atomic E-state index is 13.2. The largest absolute Gasteiger partial charge is 0.430 e. The number of carbonyl (C=O) groups is 2. The van der Waals surface area contributed by atoms with Crippen LogP contribution in [0.1, 0.15) is 62.5 Å². The number of thioether (sulfide) groups is 4. The molecule has 2 aliphatic heterocycles. The van der Waals surface area contributed by atoms with Crippen LogP contribution < -0.4 is 10.6 Å². The molecule has 10 heteroatoms. The van der Waals surface area contributed by atoms with Crippen molar-refractivity contribution in [3.63, 3.8) is 0 Å². The van der Waals surface area contributed by atoms with Crippen LogP contribution in [-0.2, 0) is 31.9 Å². The van der Waals surface area contributed by atoms with E-state index in [1.165, 1.54) is 11.1 Å². The zero-order valence-electron chi connectivity index (χ0n) is 27.8. The Morgan fingerprint density at radius 1 is 0.604 bits per heavy atom. The van der Waals surface area contributed by atoms with Crippen LogP contribution in [0, 0.1) is 23.7 Å². The minimum Gasteiger partial charge on any atom is -0.430 e. The molecule has 0 radical (unpaired) electrons. The number of benzene rings is 2. The summed E-state index contributed by atoms with van der Waals surface area (Å²) in [5.74, 6) is 14.7. The van der Waals surface area contributed by atoms with Crippen LogP contribution in [-0.4, -0.2) is 69.7 Å². The van der Waals surface area contributed by atoms with E-state index >= 15 is 0 Å². The lowest BCUT2D eigenvalue weighted by atomic mass is 10.1. The predicted octanol–water partition coefficient (Wildman–Crippen LogP) is 7.13. The molecule has 258 valence electrons. The lowest BCUT2D eigenvalue weighted by molar-refractivity contribution is -0.171. The van der Waals surface area contributed by atoms with Crippen molar-refractivity contribution >= 4 is 59.0 Å². The summed E-state index contributed by atoms with van der Waals surface area (Å²) in [5.41, 5.74) is 2.63. The van der Waals surface area contributed by atoms with Crippen molar-refractivity contribution in [2.45, 2.75) is 72.7 Å². The van der Waals surface area contributed by atoms with Gasteiger partial charge in [0, 0.05) is 38.8 Å². The van der Waals surface area contributed by atoms with E-state index in [2.05, 4.69) is 82.8 Å². The summed E-state index contributed by atoms with van der Waals surface area (Å²) >= 11 is 6.48. The number of esters is 2. The zero-order chi connectivity index (χ0) is 33.6.